The third-order valence-corrected chi connectivity index (χ3v) is 27.5. The van der Waals surface area contributed by atoms with Gasteiger partial charge in [0.25, 0.3) is 0 Å². The van der Waals surface area contributed by atoms with Gasteiger partial charge in [0.05, 0.1) is 0 Å². The predicted molar refractivity (Wildman–Crippen MR) is 432 cm³/mol. The molecule has 6 bridgehead atoms. The summed E-state index contributed by atoms with van der Waals surface area (Å²) in [6, 6.07) is 71.6. The van der Waals surface area contributed by atoms with Crippen LogP contribution in [0.3, 0.4) is 0 Å². The molecule has 0 N–H and O–H groups in total. The van der Waals surface area contributed by atoms with Gasteiger partial charge in [-0.15, -0.1) is 0 Å². The van der Waals surface area contributed by atoms with Gasteiger partial charge in [-0.05, 0) is 268 Å². The number of pyridine rings is 3. The molecule has 106 heavy (non-hydrogen) atoms. The Morgan fingerprint density at radius 1 is 0.245 bits per heavy atom. The standard InChI is InChI=1S/C37H36N.C36H34N.C30H24N/c1-22-16-31-34(19-30(22)35-20-29(23(2)21-38(35)3)24-10-5-4-6-11-24)37-28-15-8-7-14-27(28)36(31)32-17-25-12-9-13-26(25)18-33(32)37;1-22-17-30-33(21-29(22)34-20-26(15-16-37(34)2)23-9-4-3-5-10-23)36-28-14-7-6-13-27(28)35(30)31-18-24-11-8-12-25(24)19-32(31)36;1-18-14-24-27(17-23(18)28-12-5-6-13-31(28)2)30-22-11-4-3-10-21(22)29(24)25-15-19-8-7-9-20(19)16-26(25)30/h7-8,12-21,24,36-37H,4-6,9-11H2,1-3H3;6-7,11-21,23,35-36H,3-5,8-10H2,1-2H3;3-6,8-17,29-30H,7H2,1-2H3/q3*+1. The van der Waals surface area contributed by atoms with Gasteiger partial charge in [0.15, 0.2) is 18.6 Å². The number of benzene rings is 9. The first-order chi connectivity index (χ1) is 52.0. The van der Waals surface area contributed by atoms with Gasteiger partial charge in [0.2, 0.25) is 17.1 Å². The van der Waals surface area contributed by atoms with E-state index in [1.807, 2.05) is 0 Å². The van der Waals surface area contributed by atoms with Crippen molar-refractivity contribution >= 4 is 36.5 Å². The molecule has 26 rings (SSSR count). The summed E-state index contributed by atoms with van der Waals surface area (Å²) in [4.78, 5) is 0. The third kappa shape index (κ3) is 9.92. The molecule has 0 amide bonds. The highest BCUT2D eigenvalue weighted by Crippen LogP contribution is 2.60. The van der Waals surface area contributed by atoms with Crippen LogP contribution in [0.5, 0.6) is 0 Å². The molecule has 3 aromatic heterocycles. The maximum Gasteiger partial charge on any atom is 0.212 e. The van der Waals surface area contributed by atoms with Crippen LogP contribution in [0.25, 0.3) is 70.2 Å². The van der Waals surface area contributed by atoms with Crippen LogP contribution < -0.4 is 45.0 Å². The molecular formula is C103H94N3+3. The number of fused-ring (bicyclic) bond motifs is 3. The Bertz CT molecular complexity index is 6220. The summed E-state index contributed by atoms with van der Waals surface area (Å²) >= 11 is 0. The van der Waals surface area contributed by atoms with Crippen LogP contribution in [0.15, 0.2) is 201 Å². The van der Waals surface area contributed by atoms with E-state index in [1.165, 1.54) is 257 Å². The van der Waals surface area contributed by atoms with E-state index in [1.54, 1.807) is 5.56 Å². The molecule has 14 aliphatic carbocycles. The van der Waals surface area contributed by atoms with E-state index in [9.17, 15) is 0 Å². The highest BCUT2D eigenvalue weighted by Gasteiger charge is 2.46. The molecule has 2 saturated carbocycles. The average Bonchev–Trinajstić information content (AvgIpc) is 0.916. The molecule has 3 heteroatoms. The highest BCUT2D eigenvalue weighted by molar-refractivity contribution is 5.78. The van der Waals surface area contributed by atoms with Crippen molar-refractivity contribution in [2.75, 3.05) is 0 Å². The number of nitrogens with zero attached hydrogens (tertiary/aromatic N) is 3. The normalized spacial score (nSPS) is 20.3. The lowest BCUT2D eigenvalue weighted by Crippen LogP contribution is -2.34. The van der Waals surface area contributed by atoms with Crippen LogP contribution in [0.2, 0.25) is 0 Å². The molecule has 6 atom stereocenters. The van der Waals surface area contributed by atoms with E-state index in [-0.39, 0.29) is 0 Å². The van der Waals surface area contributed by atoms with E-state index in [4.69, 9.17) is 0 Å². The Kier molecular flexibility index (Phi) is 15.0. The number of aromatic nitrogens is 3. The number of rotatable bonds is 5. The van der Waals surface area contributed by atoms with Gasteiger partial charge in [-0.25, -0.2) is 13.7 Å². The fraction of sp³-hybridized carbons (Fsp3) is 0.272. The van der Waals surface area contributed by atoms with Gasteiger partial charge in [0, 0.05) is 88.1 Å². The summed E-state index contributed by atoms with van der Waals surface area (Å²) in [6.07, 6.45) is 38.0. The van der Waals surface area contributed by atoms with Crippen LogP contribution in [0, 0.1) is 27.7 Å². The average molecular weight is 1370 g/mol. The molecule has 12 aromatic rings. The SMILES string of the molecule is Cc1cc2c(cc1-c1cc(C3CCCCC3)c(C)c[n+]1C)C1c3ccccc3C2c2cc3c(cc21)=CCC=3.Cc1cc2c(cc1-c1cc(C3CCCCC3)cc[n+]1C)C1c3ccccc3C2c2cc3c(cc21)=CCC=3.Cc1cc2c(cc1-c1cccc[n+]1C)C1c3ccccc3C2c2cc3c(cc21)=CCC=3. The van der Waals surface area contributed by atoms with Gasteiger partial charge in [-0.3, -0.25) is 0 Å². The van der Waals surface area contributed by atoms with Crippen molar-refractivity contribution in [1.29, 1.82) is 0 Å². The minimum absolute atomic E-state index is 0.313. The monoisotopic (exact) mass is 1370 g/mol. The van der Waals surface area contributed by atoms with Crippen LogP contribution in [-0.4, -0.2) is 0 Å². The van der Waals surface area contributed by atoms with Crippen LogP contribution in [0.1, 0.15) is 264 Å². The Balaban J connectivity index is 0.000000103. The molecular weight excluding hydrogens is 1280 g/mol. The fourth-order valence-electron chi connectivity index (χ4n) is 22.5. The lowest BCUT2D eigenvalue weighted by Gasteiger charge is -2.42. The third-order valence-electron chi connectivity index (χ3n) is 27.5. The zero-order valence-electron chi connectivity index (χ0n) is 62.7. The predicted octanol–water partition coefficient (Wildman–Crippen LogP) is 17.7. The molecule has 0 spiro atoms. The molecule has 3 nitrogen and oxygen atoms in total. The number of aryl methyl sites for hydroxylation is 7. The molecule has 0 radical (unpaired) electrons. The Morgan fingerprint density at radius 2 is 0.557 bits per heavy atom. The van der Waals surface area contributed by atoms with Crippen molar-refractivity contribution in [2.45, 2.75) is 159 Å². The Hall–Kier alpha value is -10.4. The van der Waals surface area contributed by atoms with Crippen molar-refractivity contribution in [3.8, 4) is 33.8 Å². The van der Waals surface area contributed by atoms with E-state index in [2.05, 4.69) is 300 Å². The molecule has 3 heterocycles. The van der Waals surface area contributed by atoms with Gasteiger partial charge in [0.1, 0.15) is 21.1 Å². The van der Waals surface area contributed by atoms with E-state index in [0.717, 1.165) is 25.2 Å². The molecule has 518 valence electrons. The van der Waals surface area contributed by atoms with Crippen LogP contribution >= 0.6 is 0 Å². The zero-order chi connectivity index (χ0) is 70.9. The van der Waals surface area contributed by atoms with Crippen LogP contribution in [0.4, 0.5) is 0 Å². The van der Waals surface area contributed by atoms with Gasteiger partial charge < -0.3 is 0 Å². The Morgan fingerprint density at radius 3 is 0.925 bits per heavy atom. The first-order valence-corrected chi connectivity index (χ1v) is 40.1. The molecule has 14 aliphatic rings. The second-order valence-electron chi connectivity index (χ2n) is 33.4. The maximum atomic E-state index is 2.57. The zero-order valence-corrected chi connectivity index (χ0v) is 62.7. The second-order valence-corrected chi connectivity index (χ2v) is 33.4. The van der Waals surface area contributed by atoms with E-state index in [0.29, 0.717) is 41.4 Å². The molecule has 0 aliphatic heterocycles. The van der Waals surface area contributed by atoms with Crippen molar-refractivity contribution in [3.05, 3.63) is 365 Å². The lowest BCUT2D eigenvalue weighted by molar-refractivity contribution is -0.660. The van der Waals surface area contributed by atoms with Gasteiger partial charge in [-0.1, -0.05) is 202 Å². The molecule has 2 fully saturated rings. The highest BCUT2D eigenvalue weighted by atomic mass is 14.9. The summed E-state index contributed by atoms with van der Waals surface area (Å²) in [6.45, 7) is 9.23. The van der Waals surface area contributed by atoms with E-state index < -0.39 is 0 Å². The minimum Gasteiger partial charge on any atom is -0.201 e. The van der Waals surface area contributed by atoms with Crippen molar-refractivity contribution in [2.24, 2.45) is 21.1 Å². The largest absolute Gasteiger partial charge is 0.212 e. The quantitative estimate of drug-likeness (QED) is 0.152. The maximum absolute atomic E-state index is 2.57. The van der Waals surface area contributed by atoms with Gasteiger partial charge >= 0.3 is 0 Å². The first-order valence-electron chi connectivity index (χ1n) is 40.1. The Labute approximate surface area is 625 Å². The summed E-state index contributed by atoms with van der Waals surface area (Å²) in [7, 11) is 6.59. The van der Waals surface area contributed by atoms with Gasteiger partial charge in [-0.2, -0.15) is 0 Å². The topological polar surface area (TPSA) is 11.6 Å². The van der Waals surface area contributed by atoms with Crippen LogP contribution in [-0.2, 0) is 21.1 Å². The number of hydrogen-bond donors (Lipinski definition) is 0. The first kappa shape index (κ1) is 64.1. The summed E-state index contributed by atoms with van der Waals surface area (Å²) in [5, 5.41) is 8.51. The summed E-state index contributed by atoms with van der Waals surface area (Å²) < 4.78 is 6.94. The smallest absolute Gasteiger partial charge is 0.201 e. The molecule has 9 aromatic carbocycles. The molecule has 6 unspecified atom stereocenters. The van der Waals surface area contributed by atoms with E-state index >= 15 is 0 Å². The summed E-state index contributed by atoms with van der Waals surface area (Å²) in [5.74, 6) is 3.38. The minimum atomic E-state index is 0.313. The summed E-state index contributed by atoms with van der Waals surface area (Å²) in [5.41, 5.74) is 44.0. The number of hydrogen-bond acceptors (Lipinski definition) is 0. The van der Waals surface area contributed by atoms with Crippen molar-refractivity contribution < 1.29 is 13.7 Å². The fourth-order valence-corrected chi connectivity index (χ4v) is 22.5. The second kappa shape index (κ2) is 24.9. The van der Waals surface area contributed by atoms with Crippen molar-refractivity contribution in [1.82, 2.24) is 0 Å². The molecule has 0 saturated heterocycles. The van der Waals surface area contributed by atoms with Crippen molar-refractivity contribution in [3.63, 3.8) is 0 Å². The lowest BCUT2D eigenvalue weighted by atomic mass is 9.60.